The first-order valence-corrected chi connectivity index (χ1v) is 9.33. The maximum Gasteiger partial charge on any atom is 0.106 e. The van der Waals surface area contributed by atoms with Crippen LogP contribution in [0.25, 0.3) is 10.4 Å². The lowest BCUT2D eigenvalue weighted by atomic mass is 9.96. The number of nitrogens with zero attached hydrogens (tertiary/aromatic N) is 3. The minimum Gasteiger partial charge on any atom is -0.384 e. The van der Waals surface area contributed by atoms with Crippen molar-refractivity contribution in [3.63, 3.8) is 0 Å². The van der Waals surface area contributed by atoms with E-state index in [0.717, 1.165) is 32.2 Å². The van der Waals surface area contributed by atoms with Gasteiger partial charge in [0.05, 0.1) is 10.6 Å². The number of aryl methyl sites for hydroxylation is 2. The first kappa shape index (κ1) is 16.8. The van der Waals surface area contributed by atoms with Crippen LogP contribution in [0.2, 0.25) is 0 Å². The number of aromatic nitrogens is 1. The molecule has 1 aliphatic heterocycles. The molecule has 0 fully saturated rings. The zero-order valence-electron chi connectivity index (χ0n) is 14.7. The lowest BCUT2D eigenvalue weighted by Crippen LogP contribution is -2.06. The van der Waals surface area contributed by atoms with Crippen LogP contribution >= 0.6 is 11.3 Å². The topological polar surface area (TPSA) is 57.8 Å². The second kappa shape index (κ2) is 6.94. The molecule has 0 amide bonds. The predicted molar refractivity (Wildman–Crippen MR) is 107 cm³/mol. The summed E-state index contributed by atoms with van der Waals surface area (Å²) in [5, 5.41) is 19.4. The smallest absolute Gasteiger partial charge is 0.106 e. The van der Waals surface area contributed by atoms with Crippen molar-refractivity contribution in [1.29, 1.82) is 0 Å². The zero-order chi connectivity index (χ0) is 18.1. The van der Waals surface area contributed by atoms with Crippen LogP contribution < -0.4 is 0 Å². The van der Waals surface area contributed by atoms with Crippen LogP contribution in [-0.4, -0.2) is 22.0 Å². The number of hydrogen-bond acceptors (Lipinski definition) is 5. The number of aliphatic hydroxyl groups is 1. The SMILES string of the molecule is Cc1ccc(C(O)c2cc(-c3ccncc3)sc2C2=NN=CC2)cc1C. The monoisotopic (exact) mass is 361 g/mol. The molecule has 1 N–H and O–H groups in total. The normalized spacial score (nSPS) is 14.5. The number of benzene rings is 1. The van der Waals surface area contributed by atoms with Gasteiger partial charge in [0.15, 0.2) is 0 Å². The molecule has 0 spiro atoms. The van der Waals surface area contributed by atoms with Crippen LogP contribution in [0, 0.1) is 13.8 Å². The van der Waals surface area contributed by atoms with Gasteiger partial charge in [0.25, 0.3) is 0 Å². The molecule has 1 atom stereocenters. The molecule has 130 valence electrons. The summed E-state index contributed by atoms with van der Waals surface area (Å²) < 4.78 is 0. The summed E-state index contributed by atoms with van der Waals surface area (Å²) in [6.45, 7) is 4.14. The molecule has 5 heteroatoms. The van der Waals surface area contributed by atoms with Gasteiger partial charge in [-0.3, -0.25) is 4.98 Å². The number of hydrogen-bond donors (Lipinski definition) is 1. The highest BCUT2D eigenvalue weighted by Gasteiger charge is 2.23. The number of rotatable bonds is 4. The Morgan fingerprint density at radius 3 is 2.54 bits per heavy atom. The quantitative estimate of drug-likeness (QED) is 0.733. The van der Waals surface area contributed by atoms with Crippen LogP contribution in [0.15, 0.2) is 59.0 Å². The van der Waals surface area contributed by atoms with Crippen molar-refractivity contribution in [2.75, 3.05) is 0 Å². The lowest BCUT2D eigenvalue weighted by Gasteiger charge is -2.13. The maximum absolute atomic E-state index is 11.1. The van der Waals surface area contributed by atoms with Gasteiger partial charge in [0.1, 0.15) is 6.10 Å². The van der Waals surface area contributed by atoms with Crippen molar-refractivity contribution >= 4 is 23.3 Å². The second-order valence-corrected chi connectivity index (χ2v) is 7.48. The molecule has 0 saturated heterocycles. The maximum atomic E-state index is 11.1. The van der Waals surface area contributed by atoms with Crippen molar-refractivity contribution in [1.82, 2.24) is 4.98 Å². The number of thiophene rings is 1. The zero-order valence-corrected chi connectivity index (χ0v) is 15.5. The van der Waals surface area contributed by atoms with Gasteiger partial charge in [-0.1, -0.05) is 18.2 Å². The average Bonchev–Trinajstić information content (AvgIpc) is 3.33. The van der Waals surface area contributed by atoms with Crippen LogP contribution in [0.1, 0.15) is 39.7 Å². The van der Waals surface area contributed by atoms with Gasteiger partial charge in [0, 0.05) is 35.5 Å². The molecule has 0 bridgehead atoms. The van der Waals surface area contributed by atoms with E-state index in [1.807, 2.05) is 18.2 Å². The largest absolute Gasteiger partial charge is 0.384 e. The second-order valence-electron chi connectivity index (χ2n) is 6.43. The molecule has 1 aliphatic rings. The van der Waals surface area contributed by atoms with E-state index in [2.05, 4.69) is 47.2 Å². The molecule has 3 heterocycles. The van der Waals surface area contributed by atoms with E-state index < -0.39 is 6.10 Å². The van der Waals surface area contributed by atoms with Gasteiger partial charge in [-0.2, -0.15) is 10.2 Å². The molecule has 1 unspecified atom stereocenters. The van der Waals surface area contributed by atoms with Gasteiger partial charge in [-0.15, -0.1) is 11.3 Å². The molecule has 3 aromatic rings. The van der Waals surface area contributed by atoms with Gasteiger partial charge in [-0.25, -0.2) is 0 Å². The average molecular weight is 361 g/mol. The van der Waals surface area contributed by atoms with E-state index in [0.29, 0.717) is 6.42 Å². The fourth-order valence-corrected chi connectivity index (χ4v) is 4.21. The first-order valence-electron chi connectivity index (χ1n) is 8.51. The Morgan fingerprint density at radius 1 is 1.04 bits per heavy atom. The molecule has 2 aromatic heterocycles. The van der Waals surface area contributed by atoms with Crippen LogP contribution in [0.3, 0.4) is 0 Å². The fraction of sp³-hybridized carbons (Fsp3) is 0.190. The Bertz CT molecular complexity index is 1010. The molecule has 1 aromatic carbocycles. The van der Waals surface area contributed by atoms with Crippen LogP contribution in [0.5, 0.6) is 0 Å². The molecule has 0 aliphatic carbocycles. The van der Waals surface area contributed by atoms with E-state index in [-0.39, 0.29) is 0 Å². The Balaban J connectivity index is 1.80. The van der Waals surface area contributed by atoms with E-state index in [9.17, 15) is 5.11 Å². The van der Waals surface area contributed by atoms with E-state index in [4.69, 9.17) is 0 Å². The molecular weight excluding hydrogens is 342 g/mol. The van der Waals surface area contributed by atoms with Crippen LogP contribution in [-0.2, 0) is 0 Å². The first-order chi connectivity index (χ1) is 12.6. The summed E-state index contributed by atoms with van der Waals surface area (Å²) in [6.07, 6.45) is 5.37. The third kappa shape index (κ3) is 3.11. The Labute approximate surface area is 156 Å². The standard InChI is InChI=1S/C21H19N3OS/c1-13-3-4-16(11-14(13)2)20(25)17-12-19(15-5-8-22-9-6-15)26-21(17)18-7-10-23-24-18/h3-6,8-12,20,25H,7H2,1-2H3. The minimum atomic E-state index is -0.695. The van der Waals surface area contributed by atoms with Gasteiger partial charge in [-0.05, 0) is 54.3 Å². The summed E-state index contributed by atoms with van der Waals surface area (Å²) in [5.74, 6) is 0. The molecule has 26 heavy (non-hydrogen) atoms. The number of pyridine rings is 1. The summed E-state index contributed by atoms with van der Waals surface area (Å²) in [6, 6.07) is 12.1. The van der Waals surface area contributed by atoms with Gasteiger partial charge >= 0.3 is 0 Å². The van der Waals surface area contributed by atoms with Crippen molar-refractivity contribution in [3.05, 3.63) is 75.9 Å². The molecule has 4 rings (SSSR count). The summed E-state index contributed by atoms with van der Waals surface area (Å²) in [4.78, 5) is 6.18. The summed E-state index contributed by atoms with van der Waals surface area (Å²) >= 11 is 1.64. The highest BCUT2D eigenvalue weighted by atomic mass is 32.1. The van der Waals surface area contributed by atoms with E-state index in [1.54, 1.807) is 29.9 Å². The number of aliphatic hydroxyl groups excluding tert-OH is 1. The predicted octanol–water partition coefficient (Wildman–Crippen LogP) is 4.69. The fourth-order valence-electron chi connectivity index (χ4n) is 3.02. The van der Waals surface area contributed by atoms with E-state index >= 15 is 0 Å². The van der Waals surface area contributed by atoms with Crippen molar-refractivity contribution < 1.29 is 5.11 Å². The molecule has 4 nitrogen and oxygen atoms in total. The van der Waals surface area contributed by atoms with Crippen molar-refractivity contribution in [2.45, 2.75) is 26.4 Å². The third-order valence-corrected chi connectivity index (χ3v) is 5.92. The molecule has 0 radical (unpaired) electrons. The van der Waals surface area contributed by atoms with Gasteiger partial charge in [0.2, 0.25) is 0 Å². The van der Waals surface area contributed by atoms with E-state index in [1.165, 1.54) is 11.1 Å². The van der Waals surface area contributed by atoms with Gasteiger partial charge < -0.3 is 5.11 Å². The minimum absolute atomic E-state index is 0.695. The molecular formula is C21H19N3OS. The molecule has 0 saturated carbocycles. The van der Waals surface area contributed by atoms with Crippen LogP contribution in [0.4, 0.5) is 0 Å². The highest BCUT2D eigenvalue weighted by molar-refractivity contribution is 7.17. The Hall–Kier alpha value is -2.63. The summed E-state index contributed by atoms with van der Waals surface area (Å²) in [5.41, 5.74) is 6.17. The lowest BCUT2D eigenvalue weighted by molar-refractivity contribution is 0.220. The van der Waals surface area contributed by atoms with Crippen molar-refractivity contribution in [2.24, 2.45) is 10.2 Å². The summed E-state index contributed by atoms with van der Waals surface area (Å²) in [7, 11) is 0. The highest BCUT2D eigenvalue weighted by Crippen LogP contribution is 2.38. The van der Waals surface area contributed by atoms with Crippen molar-refractivity contribution in [3.8, 4) is 10.4 Å². The third-order valence-electron chi connectivity index (χ3n) is 4.67. The Kier molecular flexibility index (Phi) is 4.49. The Morgan fingerprint density at radius 2 is 1.85 bits per heavy atom.